The molecule has 2 N–H and O–H groups in total. The van der Waals surface area contributed by atoms with Crippen molar-refractivity contribution in [2.75, 3.05) is 6.54 Å². The number of carboxylic acid groups (broad SMARTS) is 1. The van der Waals surface area contributed by atoms with E-state index in [2.05, 4.69) is 10.3 Å². The number of ether oxygens (including phenoxy) is 2. The van der Waals surface area contributed by atoms with Gasteiger partial charge >= 0.3 is 12.1 Å². The van der Waals surface area contributed by atoms with Crippen LogP contribution < -0.4 is 10.1 Å². The second kappa shape index (κ2) is 11.7. The lowest BCUT2D eigenvalue weighted by Crippen LogP contribution is -2.51. The molecular weight excluding hydrogens is 521 g/mol. The molecule has 0 saturated carbocycles. The van der Waals surface area contributed by atoms with Crippen LogP contribution in [0, 0.1) is 0 Å². The van der Waals surface area contributed by atoms with E-state index in [1.165, 1.54) is 4.90 Å². The summed E-state index contributed by atoms with van der Waals surface area (Å²) in [5.41, 5.74) is 0.702. The molecule has 0 bridgehead atoms. The van der Waals surface area contributed by atoms with Gasteiger partial charge in [-0.1, -0.05) is 41.4 Å². The van der Waals surface area contributed by atoms with E-state index in [1.807, 2.05) is 0 Å². The number of hydrogen-bond donors (Lipinski definition) is 2. The van der Waals surface area contributed by atoms with Crippen LogP contribution in [0.3, 0.4) is 0 Å². The molecule has 0 fully saturated rings. The number of nitrogens with zero attached hydrogens (tertiary/aromatic N) is 2. The first-order chi connectivity index (χ1) is 17.3. The van der Waals surface area contributed by atoms with Gasteiger partial charge in [-0.15, -0.1) is 0 Å². The number of halogens is 2. The van der Waals surface area contributed by atoms with Crippen LogP contribution in [0.25, 0.3) is 6.08 Å². The molecule has 1 heterocycles. The van der Waals surface area contributed by atoms with Gasteiger partial charge in [-0.3, -0.25) is 9.69 Å². The van der Waals surface area contributed by atoms with Crippen LogP contribution in [0.1, 0.15) is 38.8 Å². The summed E-state index contributed by atoms with van der Waals surface area (Å²) in [7, 11) is 0. The smallest absolute Gasteiger partial charge is 0.408 e. The monoisotopic (exact) mass is 547 g/mol. The van der Waals surface area contributed by atoms with E-state index in [0.29, 0.717) is 32.8 Å². The third-order valence-corrected chi connectivity index (χ3v) is 5.83. The van der Waals surface area contributed by atoms with Crippen molar-refractivity contribution in [3.8, 4) is 5.75 Å². The zero-order chi connectivity index (χ0) is 27.3. The van der Waals surface area contributed by atoms with Crippen molar-refractivity contribution in [2.45, 2.75) is 45.9 Å². The number of aliphatic carboxylic acids is 1. The molecular formula is C26H27Cl2N3O6. The Morgan fingerprint density at radius 3 is 2.32 bits per heavy atom. The van der Waals surface area contributed by atoms with E-state index in [0.717, 1.165) is 0 Å². The maximum atomic E-state index is 12.9. The summed E-state index contributed by atoms with van der Waals surface area (Å²) >= 11 is 12.3. The number of carbonyl (C=O) groups is 3. The summed E-state index contributed by atoms with van der Waals surface area (Å²) < 4.78 is 10.9. The number of aliphatic imine (C=N–C) groups is 1. The molecule has 3 rings (SSSR count). The van der Waals surface area contributed by atoms with Gasteiger partial charge in [-0.05, 0) is 63.6 Å². The third kappa shape index (κ3) is 7.71. The van der Waals surface area contributed by atoms with E-state index >= 15 is 0 Å². The minimum absolute atomic E-state index is 0.135. The van der Waals surface area contributed by atoms with Crippen molar-refractivity contribution < 1.29 is 29.0 Å². The van der Waals surface area contributed by atoms with Crippen molar-refractivity contribution in [3.63, 3.8) is 0 Å². The average molecular weight is 548 g/mol. The SMILES string of the molecule is CC1=N/C(=C/c2ccc(OCc3c(Cl)cccc3Cl)cc2)C(=O)N1C[C@H](NC(=O)OC(C)(C)C)C(=O)O. The molecule has 11 heteroatoms. The molecule has 2 aromatic rings. The predicted octanol–water partition coefficient (Wildman–Crippen LogP) is 5.15. The zero-order valence-electron chi connectivity index (χ0n) is 20.7. The van der Waals surface area contributed by atoms with E-state index in [4.69, 9.17) is 32.7 Å². The number of hydrogen-bond acceptors (Lipinski definition) is 6. The second-order valence-corrected chi connectivity index (χ2v) is 10.0. The highest BCUT2D eigenvalue weighted by Gasteiger charge is 2.33. The van der Waals surface area contributed by atoms with Crippen LogP contribution in [0.4, 0.5) is 4.79 Å². The van der Waals surface area contributed by atoms with Crippen LogP contribution in [-0.4, -0.2) is 52.0 Å². The van der Waals surface area contributed by atoms with Gasteiger partial charge in [0.25, 0.3) is 5.91 Å². The zero-order valence-corrected chi connectivity index (χ0v) is 22.3. The Kier molecular flexibility index (Phi) is 8.83. The number of nitrogens with one attached hydrogen (secondary N) is 1. The first kappa shape index (κ1) is 28.0. The fourth-order valence-corrected chi connectivity index (χ4v) is 3.85. The summed E-state index contributed by atoms with van der Waals surface area (Å²) in [6.07, 6.45) is 0.688. The first-order valence-electron chi connectivity index (χ1n) is 11.3. The molecule has 9 nitrogen and oxygen atoms in total. The Morgan fingerprint density at radius 1 is 1.14 bits per heavy atom. The van der Waals surface area contributed by atoms with Gasteiger partial charge in [0, 0.05) is 15.6 Å². The highest BCUT2D eigenvalue weighted by atomic mass is 35.5. The number of alkyl carbamates (subject to hydrolysis) is 1. The van der Waals surface area contributed by atoms with E-state index < -0.39 is 29.6 Å². The molecule has 37 heavy (non-hydrogen) atoms. The number of amides is 2. The lowest BCUT2D eigenvalue weighted by Gasteiger charge is -2.24. The molecule has 2 aromatic carbocycles. The molecule has 196 valence electrons. The van der Waals surface area contributed by atoms with E-state index in [-0.39, 0.29) is 18.8 Å². The summed E-state index contributed by atoms with van der Waals surface area (Å²) in [6, 6.07) is 10.8. The number of amidine groups is 1. The minimum Gasteiger partial charge on any atom is -0.489 e. The Hall–Kier alpha value is -3.56. The predicted molar refractivity (Wildman–Crippen MR) is 141 cm³/mol. The molecule has 2 amide bonds. The molecule has 0 unspecified atom stereocenters. The maximum Gasteiger partial charge on any atom is 0.408 e. The Bertz CT molecular complexity index is 1230. The highest BCUT2D eigenvalue weighted by Crippen LogP contribution is 2.26. The van der Waals surface area contributed by atoms with Crippen LogP contribution in [0.15, 0.2) is 53.2 Å². The Labute approximate surface area is 224 Å². The van der Waals surface area contributed by atoms with E-state index in [9.17, 15) is 19.5 Å². The first-order valence-corrected chi connectivity index (χ1v) is 12.1. The molecule has 1 aliphatic heterocycles. The van der Waals surface area contributed by atoms with Crippen molar-refractivity contribution in [2.24, 2.45) is 4.99 Å². The summed E-state index contributed by atoms with van der Waals surface area (Å²) in [4.78, 5) is 42.1. The number of benzene rings is 2. The molecule has 0 aromatic heterocycles. The van der Waals surface area contributed by atoms with Crippen LogP contribution >= 0.6 is 23.2 Å². The largest absolute Gasteiger partial charge is 0.489 e. The Balaban J connectivity index is 1.65. The lowest BCUT2D eigenvalue weighted by molar-refractivity contribution is -0.140. The molecule has 0 saturated heterocycles. The van der Waals surface area contributed by atoms with Gasteiger partial charge in [0.05, 0.1) is 6.54 Å². The quantitative estimate of drug-likeness (QED) is 0.441. The normalized spacial score (nSPS) is 15.4. The summed E-state index contributed by atoms with van der Waals surface area (Å²) in [5.74, 6) is -0.902. The maximum absolute atomic E-state index is 12.9. The molecule has 1 aliphatic rings. The second-order valence-electron chi connectivity index (χ2n) is 9.20. The van der Waals surface area contributed by atoms with Gasteiger partial charge in [-0.2, -0.15) is 0 Å². The fourth-order valence-electron chi connectivity index (χ4n) is 3.34. The van der Waals surface area contributed by atoms with Gasteiger partial charge in [0.1, 0.15) is 35.5 Å². The van der Waals surface area contributed by atoms with Gasteiger partial charge < -0.3 is 19.9 Å². The minimum atomic E-state index is -1.38. The summed E-state index contributed by atoms with van der Waals surface area (Å²) in [6.45, 7) is 6.45. The third-order valence-electron chi connectivity index (χ3n) is 5.12. The van der Waals surface area contributed by atoms with Crippen molar-refractivity contribution >= 4 is 53.1 Å². The highest BCUT2D eigenvalue weighted by molar-refractivity contribution is 6.35. The lowest BCUT2D eigenvalue weighted by atomic mass is 10.1. The van der Waals surface area contributed by atoms with Gasteiger partial charge in [0.15, 0.2) is 0 Å². The van der Waals surface area contributed by atoms with Crippen LogP contribution in [-0.2, 0) is 20.9 Å². The van der Waals surface area contributed by atoms with Crippen molar-refractivity contribution in [3.05, 3.63) is 69.3 Å². The van der Waals surface area contributed by atoms with Crippen molar-refractivity contribution in [1.82, 2.24) is 10.2 Å². The number of carboxylic acids is 1. The topological polar surface area (TPSA) is 118 Å². The average Bonchev–Trinajstić information content (AvgIpc) is 3.05. The Morgan fingerprint density at radius 2 is 1.76 bits per heavy atom. The van der Waals surface area contributed by atoms with Gasteiger partial charge in [0.2, 0.25) is 0 Å². The standard InChI is InChI=1S/C26H27Cl2N3O6/c1-15-29-21(23(32)31(15)13-22(24(33)34)30-25(35)37-26(2,3)4)12-16-8-10-17(11-9-16)36-14-18-19(27)6-5-7-20(18)28/h5-12,22H,13-14H2,1-4H3,(H,30,35)(H,33,34)/b21-12+/t22-/m0/s1. The fraction of sp³-hybridized carbons (Fsp3) is 0.308. The molecule has 1 atom stereocenters. The van der Waals surface area contributed by atoms with Crippen LogP contribution in [0.2, 0.25) is 10.0 Å². The van der Waals surface area contributed by atoms with Crippen molar-refractivity contribution in [1.29, 1.82) is 0 Å². The number of carbonyl (C=O) groups excluding carboxylic acids is 2. The molecule has 0 spiro atoms. The molecule has 0 aliphatic carbocycles. The number of rotatable bonds is 8. The van der Waals surface area contributed by atoms with Crippen LogP contribution in [0.5, 0.6) is 5.75 Å². The summed E-state index contributed by atoms with van der Waals surface area (Å²) in [5, 5.41) is 12.8. The molecule has 0 radical (unpaired) electrons. The van der Waals surface area contributed by atoms with E-state index in [1.54, 1.807) is 76.2 Å². The van der Waals surface area contributed by atoms with Gasteiger partial charge in [-0.25, -0.2) is 14.6 Å².